The van der Waals surface area contributed by atoms with E-state index in [-0.39, 0.29) is 42.3 Å². The molecule has 0 aromatic carbocycles. The quantitative estimate of drug-likeness (QED) is 0.365. The summed E-state index contributed by atoms with van der Waals surface area (Å²) in [5, 5.41) is 7.49. The van der Waals surface area contributed by atoms with Gasteiger partial charge in [0.05, 0.1) is 32.7 Å². The van der Waals surface area contributed by atoms with Crippen LogP contribution >= 0.6 is 0 Å². The van der Waals surface area contributed by atoms with Crippen LogP contribution in [0, 0.1) is 5.82 Å². The molecule has 216 valence electrons. The van der Waals surface area contributed by atoms with Crippen molar-refractivity contribution in [2.24, 2.45) is 0 Å². The minimum atomic E-state index is -4.10. The summed E-state index contributed by atoms with van der Waals surface area (Å²) in [7, 11) is -1.26. The SMILES string of the molecule is CCO[C@@H]1C[C@@H](S(=O)(=O)Nc2nnc([C@@H]3CCCO3)n2-c2c(OC)ncnc2OC)CN(c2ncc(F)cn2)C1. The lowest BCUT2D eigenvalue weighted by atomic mass is 10.1. The summed E-state index contributed by atoms with van der Waals surface area (Å²) < 4.78 is 67.7. The smallest absolute Gasteiger partial charge is 0.245 e. The van der Waals surface area contributed by atoms with Gasteiger partial charge in [0.15, 0.2) is 17.3 Å². The summed E-state index contributed by atoms with van der Waals surface area (Å²) in [6.45, 7) is 3.13. The number of methoxy groups -OCH3 is 2. The monoisotopic (exact) mass is 579 g/mol. The molecule has 2 fully saturated rings. The molecule has 3 aromatic rings. The number of piperidine rings is 1. The number of nitrogens with zero attached hydrogens (tertiary/aromatic N) is 8. The highest BCUT2D eigenvalue weighted by Gasteiger charge is 2.39. The topological polar surface area (TPSA) is 169 Å². The molecule has 15 nitrogen and oxygen atoms in total. The lowest BCUT2D eigenvalue weighted by molar-refractivity contribution is 0.0531. The zero-order valence-electron chi connectivity index (χ0n) is 22.2. The van der Waals surface area contributed by atoms with E-state index in [1.165, 1.54) is 25.1 Å². The number of nitrogens with one attached hydrogen (secondary N) is 1. The van der Waals surface area contributed by atoms with Gasteiger partial charge in [0, 0.05) is 26.3 Å². The second-order valence-corrected chi connectivity index (χ2v) is 11.1. The molecule has 5 rings (SSSR count). The van der Waals surface area contributed by atoms with Crippen LogP contribution in [-0.4, -0.2) is 95.0 Å². The van der Waals surface area contributed by atoms with Crippen LogP contribution in [0.1, 0.15) is 38.1 Å². The highest BCUT2D eigenvalue weighted by molar-refractivity contribution is 7.93. The highest BCUT2D eigenvalue weighted by Crippen LogP contribution is 2.37. The fourth-order valence-corrected chi connectivity index (χ4v) is 6.24. The molecule has 0 aliphatic carbocycles. The molecule has 3 aromatic heterocycles. The van der Waals surface area contributed by atoms with E-state index in [0.717, 1.165) is 18.8 Å². The van der Waals surface area contributed by atoms with E-state index in [2.05, 4.69) is 34.9 Å². The van der Waals surface area contributed by atoms with Gasteiger partial charge in [-0.25, -0.2) is 22.8 Å². The third-order valence-corrected chi connectivity index (χ3v) is 8.30. The standard InChI is InChI=1S/C23H30FN9O6S/c1-4-38-15-8-16(12-32(11-15)22-25-9-14(24)10-26-22)40(34,35)31-23-30-29-19(17-6-5-7-39-17)33(23)18-20(36-2)27-13-28-21(18)37-3/h9-10,13,15-17H,4-8,11-12H2,1-3H3,(H,30,31)/t15-,16-,17+/m1/s1. The third kappa shape index (κ3) is 5.62. The molecule has 2 aliphatic rings. The van der Waals surface area contributed by atoms with E-state index in [1.54, 1.807) is 4.90 Å². The molecule has 3 atom stereocenters. The lowest BCUT2D eigenvalue weighted by Crippen LogP contribution is -2.51. The molecule has 5 heterocycles. The highest BCUT2D eigenvalue weighted by atomic mass is 32.2. The number of aromatic nitrogens is 7. The molecule has 0 saturated carbocycles. The molecule has 1 N–H and O–H groups in total. The van der Waals surface area contributed by atoms with Crippen molar-refractivity contribution in [2.45, 2.75) is 43.6 Å². The van der Waals surface area contributed by atoms with Crippen LogP contribution in [-0.2, 0) is 19.5 Å². The van der Waals surface area contributed by atoms with Gasteiger partial charge < -0.3 is 23.8 Å². The Balaban J connectivity index is 1.52. The first-order valence-corrected chi connectivity index (χ1v) is 14.2. The van der Waals surface area contributed by atoms with Crippen LogP contribution in [0.2, 0.25) is 0 Å². The van der Waals surface area contributed by atoms with E-state index in [0.29, 0.717) is 32.0 Å². The first kappa shape index (κ1) is 27.9. The molecule has 0 spiro atoms. The van der Waals surface area contributed by atoms with Crippen LogP contribution < -0.4 is 19.1 Å². The number of halogens is 1. The van der Waals surface area contributed by atoms with Crippen molar-refractivity contribution < 1.29 is 31.8 Å². The van der Waals surface area contributed by atoms with E-state index in [4.69, 9.17) is 18.9 Å². The third-order valence-electron chi connectivity index (χ3n) is 6.61. The van der Waals surface area contributed by atoms with Gasteiger partial charge in [-0.2, -0.15) is 9.97 Å². The predicted octanol–water partition coefficient (Wildman–Crippen LogP) is 1.28. The summed E-state index contributed by atoms with van der Waals surface area (Å²) >= 11 is 0. The zero-order valence-corrected chi connectivity index (χ0v) is 23.0. The maximum Gasteiger partial charge on any atom is 0.245 e. The molecule has 0 amide bonds. The van der Waals surface area contributed by atoms with Crippen LogP contribution in [0.5, 0.6) is 11.8 Å². The summed E-state index contributed by atoms with van der Waals surface area (Å²) in [6.07, 6.45) is 4.13. The Morgan fingerprint density at radius 1 is 1.10 bits per heavy atom. The zero-order chi connectivity index (χ0) is 28.3. The first-order chi connectivity index (χ1) is 19.3. The summed E-state index contributed by atoms with van der Waals surface area (Å²) in [4.78, 5) is 18.0. The van der Waals surface area contributed by atoms with Gasteiger partial charge >= 0.3 is 0 Å². The van der Waals surface area contributed by atoms with Gasteiger partial charge in [-0.05, 0) is 26.2 Å². The molecule has 17 heteroatoms. The number of anilines is 2. The summed E-state index contributed by atoms with van der Waals surface area (Å²) in [6, 6.07) is 0. The predicted molar refractivity (Wildman–Crippen MR) is 139 cm³/mol. The Bertz CT molecular complexity index is 1400. The van der Waals surface area contributed by atoms with Crippen molar-refractivity contribution in [1.82, 2.24) is 34.7 Å². The number of ether oxygens (including phenoxy) is 4. The van der Waals surface area contributed by atoms with Crippen LogP contribution in [0.15, 0.2) is 18.7 Å². The molecule has 2 saturated heterocycles. The Labute approximate surface area is 230 Å². The molecule has 0 unspecified atom stereocenters. The van der Waals surface area contributed by atoms with Crippen LogP contribution in [0.4, 0.5) is 16.3 Å². The average molecular weight is 580 g/mol. The van der Waals surface area contributed by atoms with E-state index in [9.17, 15) is 12.8 Å². The minimum Gasteiger partial charge on any atom is -0.479 e. The minimum absolute atomic E-state index is 0.0400. The molecular weight excluding hydrogens is 549 g/mol. The van der Waals surface area contributed by atoms with Crippen LogP contribution in [0.25, 0.3) is 5.69 Å². The van der Waals surface area contributed by atoms with Gasteiger partial charge in [-0.15, -0.1) is 10.2 Å². The molecular formula is C23H30FN9O6S. The van der Waals surface area contributed by atoms with Crippen molar-refractivity contribution in [2.75, 3.05) is 50.1 Å². The Hall–Kier alpha value is -3.70. The fourth-order valence-electron chi connectivity index (χ4n) is 4.84. The maximum atomic E-state index is 13.9. The van der Waals surface area contributed by atoms with Gasteiger partial charge in [-0.1, -0.05) is 0 Å². The fraction of sp³-hybridized carbons (Fsp3) is 0.565. The van der Waals surface area contributed by atoms with Gasteiger partial charge in [0.25, 0.3) is 0 Å². The number of rotatable bonds is 10. The van der Waals surface area contributed by atoms with Crippen molar-refractivity contribution in [1.29, 1.82) is 0 Å². The van der Waals surface area contributed by atoms with Crippen molar-refractivity contribution in [3.05, 3.63) is 30.4 Å². The van der Waals surface area contributed by atoms with Crippen molar-refractivity contribution in [3.8, 4) is 17.4 Å². The maximum absolute atomic E-state index is 13.9. The first-order valence-electron chi connectivity index (χ1n) is 12.7. The van der Waals surface area contributed by atoms with Crippen LogP contribution in [0.3, 0.4) is 0 Å². The van der Waals surface area contributed by atoms with Crippen molar-refractivity contribution in [3.63, 3.8) is 0 Å². The summed E-state index contributed by atoms with van der Waals surface area (Å²) in [5.41, 5.74) is 0.220. The molecule has 0 bridgehead atoms. The molecule has 2 aliphatic heterocycles. The summed E-state index contributed by atoms with van der Waals surface area (Å²) in [5.74, 6) is 0.0923. The second kappa shape index (κ2) is 11.8. The van der Waals surface area contributed by atoms with Gasteiger partial charge in [-0.3, -0.25) is 9.29 Å². The Kier molecular flexibility index (Phi) is 8.22. The largest absolute Gasteiger partial charge is 0.479 e. The molecule has 40 heavy (non-hydrogen) atoms. The number of hydrogen-bond acceptors (Lipinski definition) is 13. The normalized spacial score (nSPS) is 21.4. The lowest BCUT2D eigenvalue weighted by Gasteiger charge is -2.37. The number of sulfonamides is 1. The van der Waals surface area contributed by atoms with Crippen molar-refractivity contribution >= 4 is 21.9 Å². The number of hydrogen-bond donors (Lipinski definition) is 1. The van der Waals surface area contributed by atoms with Gasteiger partial charge in [0.1, 0.15) is 17.7 Å². The van der Waals surface area contributed by atoms with E-state index in [1.807, 2.05) is 6.92 Å². The average Bonchev–Trinajstić information content (AvgIpc) is 3.63. The molecule has 0 radical (unpaired) electrons. The second-order valence-electron chi connectivity index (χ2n) is 9.15. The van der Waals surface area contributed by atoms with Gasteiger partial charge in [0.2, 0.25) is 33.7 Å². The Morgan fingerprint density at radius 3 is 2.45 bits per heavy atom. The van der Waals surface area contributed by atoms with E-state index >= 15 is 0 Å². The Morgan fingerprint density at radius 2 is 1.82 bits per heavy atom. The van der Waals surface area contributed by atoms with E-state index < -0.39 is 33.3 Å².